The van der Waals surface area contributed by atoms with Crippen LogP contribution in [0.15, 0.2) is 36.4 Å². The van der Waals surface area contributed by atoms with E-state index in [0.29, 0.717) is 28.2 Å². The predicted octanol–water partition coefficient (Wildman–Crippen LogP) is 3.25. The van der Waals surface area contributed by atoms with E-state index in [4.69, 9.17) is 10.5 Å². The van der Waals surface area contributed by atoms with Gasteiger partial charge < -0.3 is 15.8 Å². The molecule has 104 valence electrons. The van der Waals surface area contributed by atoms with Gasteiger partial charge in [-0.25, -0.2) is 9.18 Å². The van der Waals surface area contributed by atoms with Crippen molar-refractivity contribution in [1.82, 2.24) is 0 Å². The van der Waals surface area contributed by atoms with Gasteiger partial charge in [0.15, 0.2) is 0 Å². The maximum absolute atomic E-state index is 13.5. The Morgan fingerprint density at radius 3 is 2.65 bits per heavy atom. The average Bonchev–Trinajstić information content (AvgIpc) is 2.45. The van der Waals surface area contributed by atoms with Crippen LogP contribution in [0.1, 0.15) is 15.9 Å². The Labute approximate surface area is 116 Å². The molecule has 0 aliphatic rings. The molecule has 2 aromatic carbocycles. The van der Waals surface area contributed by atoms with Gasteiger partial charge in [0.1, 0.15) is 5.82 Å². The van der Waals surface area contributed by atoms with E-state index in [1.807, 2.05) is 0 Å². The van der Waals surface area contributed by atoms with Gasteiger partial charge in [-0.15, -0.1) is 0 Å². The van der Waals surface area contributed by atoms with E-state index in [1.54, 1.807) is 37.3 Å². The summed E-state index contributed by atoms with van der Waals surface area (Å²) in [6.45, 7) is 1.65. The summed E-state index contributed by atoms with van der Waals surface area (Å²) in [7, 11) is 1.29. The normalized spacial score (nSPS) is 10.2. The molecule has 0 unspecified atom stereocenters. The third-order valence-electron chi connectivity index (χ3n) is 3.03. The third-order valence-corrected chi connectivity index (χ3v) is 3.03. The highest BCUT2D eigenvalue weighted by molar-refractivity contribution is 6.00. The summed E-state index contributed by atoms with van der Waals surface area (Å²) >= 11 is 0. The van der Waals surface area contributed by atoms with Gasteiger partial charge in [0.25, 0.3) is 0 Å². The lowest BCUT2D eigenvalue weighted by Crippen LogP contribution is -2.08. The van der Waals surface area contributed by atoms with Gasteiger partial charge in [-0.1, -0.05) is 12.1 Å². The molecule has 0 spiro atoms. The topological polar surface area (TPSA) is 64.3 Å². The van der Waals surface area contributed by atoms with Crippen molar-refractivity contribution >= 4 is 23.0 Å². The van der Waals surface area contributed by atoms with E-state index in [2.05, 4.69) is 5.32 Å². The standard InChI is InChI=1S/C15H15FN2O2/c1-9-11(16)6-4-8-13(9)18-14-10(15(19)20-2)5-3-7-12(14)17/h3-8,18H,17H2,1-2H3. The fourth-order valence-electron chi connectivity index (χ4n) is 1.87. The lowest BCUT2D eigenvalue weighted by molar-refractivity contribution is 0.0602. The maximum Gasteiger partial charge on any atom is 0.340 e. The van der Waals surface area contributed by atoms with E-state index in [0.717, 1.165) is 0 Å². The number of benzene rings is 2. The first-order valence-corrected chi connectivity index (χ1v) is 6.03. The molecule has 0 saturated carbocycles. The van der Waals surface area contributed by atoms with Crippen molar-refractivity contribution < 1.29 is 13.9 Å². The smallest absolute Gasteiger partial charge is 0.340 e. The summed E-state index contributed by atoms with van der Waals surface area (Å²) in [5.74, 6) is -0.835. The van der Waals surface area contributed by atoms with Crippen molar-refractivity contribution in [3.63, 3.8) is 0 Å². The number of halogens is 1. The fourth-order valence-corrected chi connectivity index (χ4v) is 1.87. The summed E-state index contributed by atoms with van der Waals surface area (Å²) in [4.78, 5) is 11.7. The Morgan fingerprint density at radius 1 is 1.25 bits per heavy atom. The number of nitrogen functional groups attached to an aromatic ring is 1. The molecule has 5 heteroatoms. The zero-order valence-electron chi connectivity index (χ0n) is 11.2. The van der Waals surface area contributed by atoms with E-state index in [-0.39, 0.29) is 5.82 Å². The van der Waals surface area contributed by atoms with Crippen molar-refractivity contribution in [3.8, 4) is 0 Å². The van der Waals surface area contributed by atoms with Gasteiger partial charge in [-0.2, -0.15) is 0 Å². The molecular weight excluding hydrogens is 259 g/mol. The minimum atomic E-state index is -0.506. The molecule has 2 rings (SSSR count). The SMILES string of the molecule is COC(=O)c1cccc(N)c1Nc1cccc(F)c1C. The Balaban J connectivity index is 2.48. The number of ether oxygens (including phenoxy) is 1. The zero-order chi connectivity index (χ0) is 14.7. The minimum Gasteiger partial charge on any atom is -0.465 e. The molecule has 0 bridgehead atoms. The number of hydrogen-bond acceptors (Lipinski definition) is 4. The van der Waals surface area contributed by atoms with Crippen molar-refractivity contribution in [3.05, 3.63) is 53.3 Å². The van der Waals surface area contributed by atoms with Gasteiger partial charge >= 0.3 is 5.97 Å². The van der Waals surface area contributed by atoms with Crippen LogP contribution in [-0.2, 0) is 4.74 Å². The monoisotopic (exact) mass is 274 g/mol. The largest absolute Gasteiger partial charge is 0.465 e. The summed E-state index contributed by atoms with van der Waals surface area (Å²) in [5.41, 5.74) is 7.98. The van der Waals surface area contributed by atoms with Crippen molar-refractivity contribution in [2.75, 3.05) is 18.2 Å². The van der Waals surface area contributed by atoms with Gasteiger partial charge in [-0.3, -0.25) is 0 Å². The summed E-state index contributed by atoms with van der Waals surface area (Å²) in [6.07, 6.45) is 0. The fraction of sp³-hybridized carbons (Fsp3) is 0.133. The molecule has 0 fully saturated rings. The molecule has 3 N–H and O–H groups in total. The van der Waals surface area contributed by atoms with Crippen LogP contribution >= 0.6 is 0 Å². The van der Waals surface area contributed by atoms with E-state index in [9.17, 15) is 9.18 Å². The highest BCUT2D eigenvalue weighted by Crippen LogP contribution is 2.30. The van der Waals surface area contributed by atoms with Gasteiger partial charge in [0, 0.05) is 11.3 Å². The van der Waals surface area contributed by atoms with Crippen molar-refractivity contribution in [2.45, 2.75) is 6.92 Å². The first kappa shape index (κ1) is 13.9. The predicted molar refractivity (Wildman–Crippen MR) is 76.6 cm³/mol. The summed E-state index contributed by atoms with van der Waals surface area (Å²) in [6, 6.07) is 9.58. The average molecular weight is 274 g/mol. The molecule has 0 heterocycles. The zero-order valence-corrected chi connectivity index (χ0v) is 11.2. The molecular formula is C15H15FN2O2. The second-order valence-corrected chi connectivity index (χ2v) is 4.30. The number of carbonyl (C=O) groups excluding carboxylic acids is 1. The van der Waals surface area contributed by atoms with E-state index < -0.39 is 5.97 Å². The van der Waals surface area contributed by atoms with E-state index in [1.165, 1.54) is 13.2 Å². The Bertz CT molecular complexity index is 656. The molecule has 0 saturated heterocycles. The van der Waals surface area contributed by atoms with Crippen LogP contribution in [0, 0.1) is 12.7 Å². The number of anilines is 3. The molecule has 0 aromatic heterocycles. The summed E-state index contributed by atoms with van der Waals surface area (Å²) in [5, 5.41) is 3.00. The number of nitrogens with one attached hydrogen (secondary N) is 1. The highest BCUT2D eigenvalue weighted by atomic mass is 19.1. The number of rotatable bonds is 3. The first-order valence-electron chi connectivity index (χ1n) is 6.03. The quantitative estimate of drug-likeness (QED) is 0.666. The number of hydrogen-bond donors (Lipinski definition) is 2. The van der Waals surface area contributed by atoms with E-state index >= 15 is 0 Å². The van der Waals surface area contributed by atoms with Crippen LogP contribution in [0.25, 0.3) is 0 Å². The number of para-hydroxylation sites is 1. The Kier molecular flexibility index (Phi) is 3.89. The molecule has 0 radical (unpaired) electrons. The first-order chi connectivity index (χ1) is 9.54. The van der Waals surface area contributed by atoms with Crippen LogP contribution < -0.4 is 11.1 Å². The van der Waals surface area contributed by atoms with Crippen LogP contribution in [-0.4, -0.2) is 13.1 Å². The maximum atomic E-state index is 13.5. The number of carbonyl (C=O) groups is 1. The Hall–Kier alpha value is -2.56. The number of nitrogens with two attached hydrogens (primary N) is 1. The summed E-state index contributed by atoms with van der Waals surface area (Å²) < 4.78 is 18.3. The lowest BCUT2D eigenvalue weighted by Gasteiger charge is -2.15. The van der Waals surface area contributed by atoms with Gasteiger partial charge in [-0.05, 0) is 31.2 Å². The molecule has 4 nitrogen and oxygen atoms in total. The van der Waals surface area contributed by atoms with Crippen LogP contribution in [0.4, 0.5) is 21.5 Å². The molecule has 0 amide bonds. The highest BCUT2D eigenvalue weighted by Gasteiger charge is 2.15. The Morgan fingerprint density at radius 2 is 1.95 bits per heavy atom. The minimum absolute atomic E-state index is 0.302. The lowest BCUT2D eigenvalue weighted by atomic mass is 10.1. The molecule has 0 aliphatic heterocycles. The molecule has 0 aliphatic carbocycles. The second-order valence-electron chi connectivity index (χ2n) is 4.30. The molecule has 2 aromatic rings. The van der Waals surface area contributed by atoms with Gasteiger partial charge in [0.05, 0.1) is 24.0 Å². The van der Waals surface area contributed by atoms with Crippen LogP contribution in [0.3, 0.4) is 0 Å². The second kappa shape index (κ2) is 5.61. The third kappa shape index (κ3) is 2.56. The molecule has 20 heavy (non-hydrogen) atoms. The van der Waals surface area contributed by atoms with Gasteiger partial charge in [0.2, 0.25) is 0 Å². The molecule has 0 atom stereocenters. The van der Waals surface area contributed by atoms with Crippen molar-refractivity contribution in [2.24, 2.45) is 0 Å². The van der Waals surface area contributed by atoms with Crippen LogP contribution in [0.2, 0.25) is 0 Å². The number of methoxy groups -OCH3 is 1. The van der Waals surface area contributed by atoms with Crippen molar-refractivity contribution in [1.29, 1.82) is 0 Å². The van der Waals surface area contributed by atoms with Crippen LogP contribution in [0.5, 0.6) is 0 Å². The number of esters is 1.